The number of nitrogens with zero attached hydrogens (tertiary/aromatic N) is 2. The lowest BCUT2D eigenvalue weighted by molar-refractivity contribution is 0.302. The fraction of sp³-hybridized carbons (Fsp3) is 0.538. The van der Waals surface area contributed by atoms with E-state index in [1.54, 1.807) is 6.20 Å². The molecule has 0 saturated heterocycles. The first kappa shape index (κ1) is 10.7. The minimum absolute atomic E-state index is 0.0319. The Morgan fingerprint density at radius 2 is 2.12 bits per heavy atom. The summed E-state index contributed by atoms with van der Waals surface area (Å²) in [5.41, 5.74) is 8.06. The Balaban J connectivity index is 1.86. The number of aromatic amines is 1. The van der Waals surface area contributed by atoms with Crippen molar-refractivity contribution in [1.29, 1.82) is 0 Å². The summed E-state index contributed by atoms with van der Waals surface area (Å²) < 4.78 is 0. The van der Waals surface area contributed by atoms with Crippen LogP contribution in [0, 0.1) is 5.92 Å². The Morgan fingerprint density at radius 3 is 2.88 bits per heavy atom. The maximum absolute atomic E-state index is 6.31. The molecule has 3 N–H and O–H groups in total. The van der Waals surface area contributed by atoms with Gasteiger partial charge in [0.25, 0.3) is 0 Å². The number of nitrogens with two attached hydrogens (primary N) is 1. The number of hydrogen-bond acceptors (Lipinski definition) is 3. The number of aromatic nitrogens is 3. The van der Waals surface area contributed by atoms with E-state index in [9.17, 15) is 0 Å². The summed E-state index contributed by atoms with van der Waals surface area (Å²) in [7, 11) is 0. The summed E-state index contributed by atoms with van der Waals surface area (Å²) in [5, 5.41) is 0. The standard InChI is InChI=1S/C13H18N4/c14-11(9-5-2-1-3-6-9)13-16-10-7-4-8-15-12(10)17-13/h4,7-9,11H,1-3,5-6,14H2,(H,15,16,17). The third kappa shape index (κ3) is 2.05. The van der Waals surface area contributed by atoms with Crippen molar-refractivity contribution in [1.82, 2.24) is 15.0 Å². The summed E-state index contributed by atoms with van der Waals surface area (Å²) in [6, 6.07) is 3.94. The first-order valence-electron chi connectivity index (χ1n) is 6.41. The van der Waals surface area contributed by atoms with Crippen molar-refractivity contribution in [3.05, 3.63) is 24.2 Å². The van der Waals surface area contributed by atoms with Crippen LogP contribution in [0.2, 0.25) is 0 Å². The van der Waals surface area contributed by atoms with Crippen molar-refractivity contribution < 1.29 is 0 Å². The Morgan fingerprint density at radius 1 is 1.29 bits per heavy atom. The lowest BCUT2D eigenvalue weighted by Gasteiger charge is -2.25. The van der Waals surface area contributed by atoms with Crippen molar-refractivity contribution >= 4 is 11.2 Å². The molecule has 90 valence electrons. The van der Waals surface area contributed by atoms with E-state index in [-0.39, 0.29) is 6.04 Å². The molecule has 1 saturated carbocycles. The molecule has 1 aliphatic carbocycles. The summed E-state index contributed by atoms with van der Waals surface area (Å²) >= 11 is 0. The van der Waals surface area contributed by atoms with Crippen LogP contribution in [0.25, 0.3) is 11.2 Å². The number of nitrogens with one attached hydrogen (secondary N) is 1. The summed E-state index contributed by atoms with van der Waals surface area (Å²) in [5.74, 6) is 1.47. The molecule has 1 aliphatic rings. The highest BCUT2D eigenvalue weighted by molar-refractivity contribution is 5.69. The van der Waals surface area contributed by atoms with Gasteiger partial charge in [0.05, 0.1) is 11.6 Å². The van der Waals surface area contributed by atoms with Crippen molar-refractivity contribution in [2.45, 2.75) is 38.1 Å². The van der Waals surface area contributed by atoms with Crippen LogP contribution in [0.1, 0.15) is 44.0 Å². The second kappa shape index (κ2) is 4.45. The van der Waals surface area contributed by atoms with Gasteiger partial charge in [-0.3, -0.25) is 0 Å². The first-order valence-corrected chi connectivity index (χ1v) is 6.41. The number of rotatable bonds is 2. The normalized spacial score (nSPS) is 19.6. The Kier molecular flexibility index (Phi) is 2.81. The smallest absolute Gasteiger partial charge is 0.177 e. The van der Waals surface area contributed by atoms with E-state index in [2.05, 4.69) is 15.0 Å². The SMILES string of the molecule is NC(c1nc2ncccc2[nH]1)C1CCCCC1. The molecule has 0 amide bonds. The monoisotopic (exact) mass is 230 g/mol. The van der Waals surface area contributed by atoms with Crippen LogP contribution < -0.4 is 5.73 Å². The van der Waals surface area contributed by atoms with Gasteiger partial charge in [0, 0.05) is 6.20 Å². The minimum atomic E-state index is 0.0319. The molecule has 0 aromatic carbocycles. The molecule has 2 heterocycles. The lowest BCUT2D eigenvalue weighted by Crippen LogP contribution is -2.24. The van der Waals surface area contributed by atoms with Gasteiger partial charge in [-0.2, -0.15) is 0 Å². The van der Waals surface area contributed by atoms with E-state index in [1.807, 2.05) is 12.1 Å². The van der Waals surface area contributed by atoms with Gasteiger partial charge in [-0.1, -0.05) is 19.3 Å². The average Bonchev–Trinajstić information content (AvgIpc) is 2.82. The van der Waals surface area contributed by atoms with Crippen molar-refractivity contribution in [3.63, 3.8) is 0 Å². The molecular formula is C13H18N4. The summed E-state index contributed by atoms with van der Waals surface area (Å²) in [6.45, 7) is 0. The molecule has 0 radical (unpaired) electrons. The zero-order chi connectivity index (χ0) is 11.7. The second-order valence-electron chi connectivity index (χ2n) is 4.92. The van der Waals surface area contributed by atoms with E-state index in [0.717, 1.165) is 17.0 Å². The lowest BCUT2D eigenvalue weighted by atomic mass is 9.84. The van der Waals surface area contributed by atoms with Crippen LogP contribution in [0.15, 0.2) is 18.3 Å². The number of pyridine rings is 1. The highest BCUT2D eigenvalue weighted by Crippen LogP contribution is 2.32. The van der Waals surface area contributed by atoms with Crippen LogP contribution in [-0.2, 0) is 0 Å². The van der Waals surface area contributed by atoms with Crippen molar-refractivity contribution in [2.24, 2.45) is 11.7 Å². The predicted octanol–water partition coefficient (Wildman–Crippen LogP) is 2.54. The molecule has 2 aromatic heterocycles. The molecule has 1 unspecified atom stereocenters. The second-order valence-corrected chi connectivity index (χ2v) is 4.92. The molecule has 0 bridgehead atoms. The largest absolute Gasteiger partial charge is 0.339 e. The van der Waals surface area contributed by atoms with Gasteiger partial charge in [0.2, 0.25) is 0 Å². The molecule has 0 aliphatic heterocycles. The maximum Gasteiger partial charge on any atom is 0.177 e. The van der Waals surface area contributed by atoms with Gasteiger partial charge >= 0.3 is 0 Å². The minimum Gasteiger partial charge on any atom is -0.339 e. The molecule has 4 heteroatoms. The number of hydrogen-bond donors (Lipinski definition) is 2. The van der Waals surface area contributed by atoms with E-state index in [4.69, 9.17) is 5.73 Å². The predicted molar refractivity (Wildman–Crippen MR) is 67.4 cm³/mol. The molecule has 17 heavy (non-hydrogen) atoms. The Bertz CT molecular complexity index is 466. The third-order valence-corrected chi connectivity index (χ3v) is 3.75. The van der Waals surface area contributed by atoms with Crippen molar-refractivity contribution in [2.75, 3.05) is 0 Å². The Hall–Kier alpha value is -1.42. The van der Waals surface area contributed by atoms with E-state index >= 15 is 0 Å². The van der Waals surface area contributed by atoms with E-state index < -0.39 is 0 Å². The van der Waals surface area contributed by atoms with Gasteiger partial charge in [-0.25, -0.2) is 9.97 Å². The molecule has 4 nitrogen and oxygen atoms in total. The van der Waals surface area contributed by atoms with Gasteiger partial charge in [0.15, 0.2) is 5.65 Å². The van der Waals surface area contributed by atoms with Crippen molar-refractivity contribution in [3.8, 4) is 0 Å². The maximum atomic E-state index is 6.31. The van der Waals surface area contributed by atoms with Crippen LogP contribution in [0.3, 0.4) is 0 Å². The zero-order valence-electron chi connectivity index (χ0n) is 9.89. The van der Waals surface area contributed by atoms with Gasteiger partial charge in [-0.05, 0) is 30.9 Å². The topological polar surface area (TPSA) is 67.6 Å². The molecular weight excluding hydrogens is 212 g/mol. The van der Waals surface area contributed by atoms with Gasteiger partial charge in [0.1, 0.15) is 5.82 Å². The molecule has 3 rings (SSSR count). The van der Waals surface area contributed by atoms with Gasteiger partial charge < -0.3 is 10.7 Å². The highest BCUT2D eigenvalue weighted by atomic mass is 15.0. The van der Waals surface area contributed by atoms with Crippen LogP contribution in [0.4, 0.5) is 0 Å². The van der Waals surface area contributed by atoms with E-state index in [0.29, 0.717) is 5.92 Å². The van der Waals surface area contributed by atoms with E-state index in [1.165, 1.54) is 32.1 Å². The summed E-state index contributed by atoms with van der Waals surface area (Å²) in [6.07, 6.45) is 8.18. The molecule has 2 aromatic rings. The van der Waals surface area contributed by atoms with Gasteiger partial charge in [-0.15, -0.1) is 0 Å². The Labute approximate surface area is 101 Å². The number of H-pyrrole nitrogens is 1. The fourth-order valence-corrected chi connectivity index (χ4v) is 2.74. The molecule has 1 fully saturated rings. The van der Waals surface area contributed by atoms with Crippen LogP contribution >= 0.6 is 0 Å². The van der Waals surface area contributed by atoms with Crippen LogP contribution in [0.5, 0.6) is 0 Å². The zero-order valence-corrected chi connectivity index (χ0v) is 9.89. The highest BCUT2D eigenvalue weighted by Gasteiger charge is 2.24. The average molecular weight is 230 g/mol. The fourth-order valence-electron chi connectivity index (χ4n) is 2.74. The molecule has 0 spiro atoms. The first-order chi connectivity index (χ1) is 8.34. The van der Waals surface area contributed by atoms with Crippen LogP contribution in [-0.4, -0.2) is 15.0 Å². The number of fused-ring (bicyclic) bond motifs is 1. The molecule has 1 atom stereocenters. The third-order valence-electron chi connectivity index (χ3n) is 3.75. The number of imidazole rings is 1. The quantitative estimate of drug-likeness (QED) is 0.833. The summed E-state index contributed by atoms with van der Waals surface area (Å²) in [4.78, 5) is 12.0.